The maximum absolute atomic E-state index is 13.2. The molecular formula is C17H19FO. The lowest BCUT2D eigenvalue weighted by atomic mass is 9.98. The van der Waals surface area contributed by atoms with Gasteiger partial charge < -0.3 is 5.11 Å². The van der Waals surface area contributed by atoms with Crippen LogP contribution in [0.4, 0.5) is 4.39 Å². The lowest BCUT2D eigenvalue weighted by Crippen LogP contribution is -2.14. The highest BCUT2D eigenvalue weighted by molar-refractivity contribution is 5.28. The predicted molar refractivity (Wildman–Crippen MR) is 75.7 cm³/mol. The summed E-state index contributed by atoms with van der Waals surface area (Å²) in [5, 5.41) is 10.1. The van der Waals surface area contributed by atoms with Gasteiger partial charge in [-0.3, -0.25) is 0 Å². The van der Waals surface area contributed by atoms with Crippen molar-refractivity contribution in [3.8, 4) is 0 Å². The van der Waals surface area contributed by atoms with Crippen LogP contribution >= 0.6 is 0 Å². The molecule has 2 aromatic carbocycles. The van der Waals surface area contributed by atoms with E-state index in [9.17, 15) is 9.50 Å². The molecule has 0 saturated heterocycles. The zero-order valence-corrected chi connectivity index (χ0v) is 11.4. The van der Waals surface area contributed by atoms with Crippen molar-refractivity contribution in [2.45, 2.75) is 32.8 Å². The first kappa shape index (κ1) is 13.8. The maximum atomic E-state index is 13.2. The van der Waals surface area contributed by atoms with E-state index in [4.69, 9.17) is 0 Å². The lowest BCUT2D eigenvalue weighted by molar-refractivity contribution is 0.175. The highest BCUT2D eigenvalue weighted by Gasteiger charge is 2.09. The van der Waals surface area contributed by atoms with Gasteiger partial charge in [-0.2, -0.15) is 0 Å². The van der Waals surface area contributed by atoms with Gasteiger partial charge in [0, 0.05) is 0 Å². The number of aliphatic hydroxyl groups is 1. The molecule has 0 aromatic heterocycles. The van der Waals surface area contributed by atoms with E-state index in [1.54, 1.807) is 6.07 Å². The molecule has 0 aliphatic heterocycles. The molecular weight excluding hydrogens is 239 g/mol. The molecule has 0 aliphatic carbocycles. The highest BCUT2D eigenvalue weighted by atomic mass is 19.1. The second kappa shape index (κ2) is 5.98. The van der Waals surface area contributed by atoms with Crippen molar-refractivity contribution in [2.75, 3.05) is 0 Å². The first-order chi connectivity index (χ1) is 9.04. The smallest absolute Gasteiger partial charge is 0.123 e. The minimum absolute atomic E-state index is 0.247. The van der Waals surface area contributed by atoms with E-state index in [0.29, 0.717) is 12.8 Å². The molecule has 0 fully saturated rings. The van der Waals surface area contributed by atoms with Gasteiger partial charge in [0.1, 0.15) is 5.82 Å². The molecule has 0 aliphatic rings. The second-order valence-electron chi connectivity index (χ2n) is 5.12. The van der Waals surface area contributed by atoms with Crippen LogP contribution in [0.5, 0.6) is 0 Å². The summed E-state index contributed by atoms with van der Waals surface area (Å²) >= 11 is 0. The van der Waals surface area contributed by atoms with Crippen LogP contribution in [0.1, 0.15) is 22.3 Å². The number of rotatable bonds is 4. The number of hydrogen-bond donors (Lipinski definition) is 1. The van der Waals surface area contributed by atoms with Crippen molar-refractivity contribution in [1.29, 1.82) is 0 Å². The molecule has 2 aromatic rings. The third-order valence-electron chi connectivity index (χ3n) is 3.36. The zero-order chi connectivity index (χ0) is 13.8. The summed E-state index contributed by atoms with van der Waals surface area (Å²) in [6.07, 6.45) is 0.594. The molecule has 0 bridgehead atoms. The third-order valence-corrected chi connectivity index (χ3v) is 3.36. The first-order valence-corrected chi connectivity index (χ1v) is 6.53. The van der Waals surface area contributed by atoms with Crippen LogP contribution in [-0.2, 0) is 12.8 Å². The average Bonchev–Trinajstić information content (AvgIpc) is 2.37. The molecule has 100 valence electrons. The summed E-state index contributed by atoms with van der Waals surface area (Å²) in [6.45, 7) is 3.98. The Balaban J connectivity index is 2.02. The molecule has 1 atom stereocenters. The van der Waals surface area contributed by atoms with E-state index in [-0.39, 0.29) is 5.82 Å². The Kier molecular flexibility index (Phi) is 4.33. The minimum atomic E-state index is -0.483. The summed E-state index contributed by atoms with van der Waals surface area (Å²) in [5.74, 6) is -0.247. The maximum Gasteiger partial charge on any atom is 0.123 e. The molecule has 1 N–H and O–H groups in total. The number of benzene rings is 2. The van der Waals surface area contributed by atoms with Crippen molar-refractivity contribution >= 4 is 0 Å². The van der Waals surface area contributed by atoms with Gasteiger partial charge in [0.15, 0.2) is 0 Å². The molecule has 0 radical (unpaired) electrons. The Morgan fingerprint density at radius 1 is 1.00 bits per heavy atom. The number of halogens is 1. The van der Waals surface area contributed by atoms with Gasteiger partial charge in [0.05, 0.1) is 6.10 Å². The van der Waals surface area contributed by atoms with E-state index in [1.807, 2.05) is 38.1 Å². The Morgan fingerprint density at radius 3 is 2.37 bits per heavy atom. The average molecular weight is 258 g/mol. The fourth-order valence-corrected chi connectivity index (χ4v) is 2.18. The molecule has 0 spiro atoms. The van der Waals surface area contributed by atoms with E-state index in [0.717, 1.165) is 16.7 Å². The fraction of sp³-hybridized carbons (Fsp3) is 0.294. The van der Waals surface area contributed by atoms with Crippen molar-refractivity contribution in [2.24, 2.45) is 0 Å². The van der Waals surface area contributed by atoms with Crippen molar-refractivity contribution < 1.29 is 9.50 Å². The van der Waals surface area contributed by atoms with Gasteiger partial charge in [0.25, 0.3) is 0 Å². The Bertz CT molecular complexity index is 546. The standard InChI is InChI=1S/C17H19FO/c1-12-3-6-14(7-4-12)9-17(19)11-15-10-16(18)8-5-13(15)2/h3-8,10,17,19H,9,11H2,1-2H3. The van der Waals surface area contributed by atoms with Crippen molar-refractivity contribution in [3.63, 3.8) is 0 Å². The summed E-state index contributed by atoms with van der Waals surface area (Å²) in [6, 6.07) is 12.8. The molecule has 0 heterocycles. The number of aryl methyl sites for hydroxylation is 2. The summed E-state index contributed by atoms with van der Waals surface area (Å²) < 4.78 is 13.2. The van der Waals surface area contributed by atoms with E-state index >= 15 is 0 Å². The van der Waals surface area contributed by atoms with Crippen molar-refractivity contribution in [1.82, 2.24) is 0 Å². The van der Waals surface area contributed by atoms with Gasteiger partial charge in [-0.15, -0.1) is 0 Å². The SMILES string of the molecule is Cc1ccc(CC(O)Cc2cc(F)ccc2C)cc1. The number of hydrogen-bond acceptors (Lipinski definition) is 1. The van der Waals surface area contributed by atoms with Crippen LogP contribution < -0.4 is 0 Å². The monoisotopic (exact) mass is 258 g/mol. The summed E-state index contributed by atoms with van der Waals surface area (Å²) in [4.78, 5) is 0. The van der Waals surface area contributed by atoms with Crippen LogP contribution in [-0.4, -0.2) is 11.2 Å². The van der Waals surface area contributed by atoms with Gasteiger partial charge in [-0.25, -0.2) is 4.39 Å². The van der Waals surface area contributed by atoms with Crippen LogP contribution in [0.3, 0.4) is 0 Å². The van der Waals surface area contributed by atoms with E-state index in [2.05, 4.69) is 0 Å². The number of aliphatic hydroxyl groups excluding tert-OH is 1. The van der Waals surface area contributed by atoms with Gasteiger partial charge >= 0.3 is 0 Å². The van der Waals surface area contributed by atoms with Crippen molar-refractivity contribution in [3.05, 3.63) is 70.5 Å². The molecule has 1 nitrogen and oxygen atoms in total. The minimum Gasteiger partial charge on any atom is -0.392 e. The normalized spacial score (nSPS) is 12.4. The topological polar surface area (TPSA) is 20.2 Å². The van der Waals surface area contributed by atoms with Crippen LogP contribution in [0.25, 0.3) is 0 Å². The molecule has 2 heteroatoms. The first-order valence-electron chi connectivity index (χ1n) is 6.53. The van der Waals surface area contributed by atoms with Gasteiger partial charge in [0.2, 0.25) is 0 Å². The van der Waals surface area contributed by atoms with Crippen LogP contribution in [0, 0.1) is 19.7 Å². The summed E-state index contributed by atoms with van der Waals surface area (Å²) in [7, 11) is 0. The second-order valence-corrected chi connectivity index (χ2v) is 5.12. The molecule has 19 heavy (non-hydrogen) atoms. The van der Waals surface area contributed by atoms with Crippen LogP contribution in [0.2, 0.25) is 0 Å². The zero-order valence-electron chi connectivity index (χ0n) is 11.4. The fourth-order valence-electron chi connectivity index (χ4n) is 2.18. The largest absolute Gasteiger partial charge is 0.392 e. The lowest BCUT2D eigenvalue weighted by Gasteiger charge is -2.13. The molecule has 0 amide bonds. The van der Waals surface area contributed by atoms with Gasteiger partial charge in [-0.1, -0.05) is 35.9 Å². The molecule has 2 rings (SSSR count). The van der Waals surface area contributed by atoms with E-state index < -0.39 is 6.10 Å². The predicted octanol–water partition coefficient (Wildman–Crippen LogP) is 3.59. The quantitative estimate of drug-likeness (QED) is 0.888. The van der Waals surface area contributed by atoms with Crippen LogP contribution in [0.15, 0.2) is 42.5 Å². The molecule has 0 saturated carbocycles. The Labute approximate surface area is 113 Å². The highest BCUT2D eigenvalue weighted by Crippen LogP contribution is 2.15. The third kappa shape index (κ3) is 3.90. The molecule has 1 unspecified atom stereocenters. The summed E-state index contributed by atoms with van der Waals surface area (Å²) in [5.41, 5.74) is 4.20. The Hall–Kier alpha value is -1.67. The van der Waals surface area contributed by atoms with E-state index in [1.165, 1.54) is 17.7 Å². The Morgan fingerprint density at radius 2 is 1.68 bits per heavy atom. The van der Waals surface area contributed by atoms with Gasteiger partial charge in [-0.05, 0) is 55.5 Å².